The number of hydrogen-bond donors (Lipinski definition) is 1. The van der Waals surface area contributed by atoms with Gasteiger partial charge in [-0.2, -0.15) is 4.90 Å². The molecule has 0 fully saturated rings. The van der Waals surface area contributed by atoms with Crippen LogP contribution in [0.15, 0.2) is 24.3 Å². The summed E-state index contributed by atoms with van der Waals surface area (Å²) in [7, 11) is 0. The topological polar surface area (TPSA) is 173 Å². The molecular weight excluding hydrogens is 536 g/mol. The summed E-state index contributed by atoms with van der Waals surface area (Å²) in [5, 5.41) is 9.42. The van der Waals surface area contributed by atoms with E-state index in [9.17, 15) is 29.3 Å². The molecule has 1 heterocycles. The highest BCUT2D eigenvalue weighted by atomic mass is 16.6. The zero-order valence-electron chi connectivity index (χ0n) is 26.1. The predicted octanol–water partition coefficient (Wildman–Crippen LogP) is 6.51. The molecule has 0 spiro atoms. The molecule has 0 bridgehead atoms. The standard InChI is InChI=1S/C24H33N3O7.C2H5NO2.C2H6/c1-22(2,3)32-19(29)26-15-13-11-10-12-14(15)16(17(25)28)18(26)27(20(30)33-23(4,5)6)21(31)34-24(7,8)9;1-2-3(4)5;1-2/h10-13H,1-9H3,(H2,25,28);2H2,1H3;1-2H3. The van der Waals surface area contributed by atoms with Crippen LogP contribution in [0.25, 0.3) is 10.9 Å². The maximum absolute atomic E-state index is 13.3. The van der Waals surface area contributed by atoms with Gasteiger partial charge in [-0.05, 0) is 68.4 Å². The van der Waals surface area contributed by atoms with Gasteiger partial charge in [0.05, 0.1) is 11.1 Å². The Bertz CT molecular complexity index is 1220. The summed E-state index contributed by atoms with van der Waals surface area (Å²) in [6.07, 6.45) is -3.24. The number of rotatable bonds is 3. The zero-order chi connectivity index (χ0) is 32.5. The molecule has 0 saturated carbocycles. The van der Waals surface area contributed by atoms with Crippen LogP contribution < -0.4 is 10.6 Å². The Morgan fingerprint density at radius 1 is 0.854 bits per heavy atom. The number of ether oxygens (including phenoxy) is 3. The highest BCUT2D eigenvalue weighted by molar-refractivity contribution is 6.21. The number of nitrogens with zero attached hydrogens (tertiary/aromatic N) is 3. The average molecular weight is 581 g/mol. The number of amides is 3. The van der Waals surface area contributed by atoms with Crippen molar-refractivity contribution in [3.63, 3.8) is 0 Å². The van der Waals surface area contributed by atoms with Gasteiger partial charge in [0.1, 0.15) is 16.8 Å². The van der Waals surface area contributed by atoms with Crippen LogP contribution in [0.5, 0.6) is 0 Å². The number of imide groups is 1. The Morgan fingerprint density at radius 3 is 1.59 bits per heavy atom. The van der Waals surface area contributed by atoms with Crippen LogP contribution in [0, 0.1) is 10.1 Å². The lowest BCUT2D eigenvalue weighted by atomic mass is 10.1. The quantitative estimate of drug-likeness (QED) is 0.241. The fraction of sp³-hybridized carbons (Fsp3) is 0.571. The first-order valence-corrected chi connectivity index (χ1v) is 13.1. The molecule has 1 aromatic heterocycles. The first kappa shape index (κ1) is 36.8. The SMILES string of the molecule is CC.CC(C)(C)OC(=O)N(C(=O)OC(C)(C)C)c1c(C(N)=O)c2ccccc2n1C(=O)OC(C)(C)C.CC[N+](=O)[O-]. The molecule has 41 heavy (non-hydrogen) atoms. The van der Waals surface area contributed by atoms with Gasteiger partial charge >= 0.3 is 18.3 Å². The molecule has 0 unspecified atom stereocenters. The number of fused-ring (bicyclic) bond motifs is 1. The highest BCUT2D eigenvalue weighted by Crippen LogP contribution is 2.35. The van der Waals surface area contributed by atoms with Crippen LogP contribution in [0.1, 0.15) is 93.4 Å². The van der Waals surface area contributed by atoms with E-state index in [1.807, 2.05) is 13.8 Å². The second-order valence-corrected chi connectivity index (χ2v) is 11.3. The van der Waals surface area contributed by atoms with Gasteiger partial charge in [-0.3, -0.25) is 14.9 Å². The van der Waals surface area contributed by atoms with E-state index >= 15 is 0 Å². The number of aromatic nitrogens is 1. The van der Waals surface area contributed by atoms with Crippen molar-refractivity contribution >= 4 is 40.9 Å². The van der Waals surface area contributed by atoms with Gasteiger partial charge in [0.2, 0.25) is 6.54 Å². The van der Waals surface area contributed by atoms with Crippen molar-refractivity contribution in [2.45, 2.75) is 99.9 Å². The Hall–Kier alpha value is -4.16. The number of anilines is 1. The Labute approximate surface area is 241 Å². The number of benzene rings is 1. The van der Waals surface area contributed by atoms with Crippen LogP contribution in [0.2, 0.25) is 0 Å². The fourth-order valence-electron chi connectivity index (χ4n) is 3.04. The number of primary amides is 1. The van der Waals surface area contributed by atoms with Crippen LogP contribution in [0.3, 0.4) is 0 Å². The predicted molar refractivity (Wildman–Crippen MR) is 156 cm³/mol. The normalized spacial score (nSPS) is 11.2. The smallest absolute Gasteiger partial charge is 0.425 e. The summed E-state index contributed by atoms with van der Waals surface area (Å²) in [5.41, 5.74) is 2.71. The fourth-order valence-corrected chi connectivity index (χ4v) is 3.04. The van der Waals surface area contributed by atoms with E-state index < -0.39 is 46.8 Å². The molecule has 2 N–H and O–H groups in total. The molecule has 1 aromatic carbocycles. The van der Waals surface area contributed by atoms with E-state index in [-0.39, 0.29) is 27.9 Å². The number of carbonyl (C=O) groups is 4. The molecule has 0 atom stereocenters. The van der Waals surface area contributed by atoms with Gasteiger partial charge in [0.15, 0.2) is 5.82 Å². The molecule has 230 valence electrons. The number of hydrogen-bond acceptors (Lipinski definition) is 9. The average Bonchev–Trinajstić information content (AvgIpc) is 3.12. The summed E-state index contributed by atoms with van der Waals surface area (Å²) >= 11 is 0. The minimum Gasteiger partial charge on any atom is -0.443 e. The van der Waals surface area contributed by atoms with E-state index in [0.29, 0.717) is 4.90 Å². The lowest BCUT2D eigenvalue weighted by Gasteiger charge is -2.29. The van der Waals surface area contributed by atoms with Crippen molar-refractivity contribution < 1.29 is 38.3 Å². The van der Waals surface area contributed by atoms with Gasteiger partial charge < -0.3 is 19.9 Å². The monoisotopic (exact) mass is 580 g/mol. The second kappa shape index (κ2) is 14.5. The van der Waals surface area contributed by atoms with Gasteiger partial charge in [-0.25, -0.2) is 19.0 Å². The Balaban J connectivity index is 0.00000205. The summed E-state index contributed by atoms with van der Waals surface area (Å²) in [5.74, 6) is -1.39. The molecular formula is C28H44N4O9. The number of nitro groups is 1. The first-order chi connectivity index (χ1) is 18.6. The van der Waals surface area contributed by atoms with E-state index in [4.69, 9.17) is 19.9 Å². The maximum atomic E-state index is 13.3. The molecule has 0 radical (unpaired) electrons. The van der Waals surface area contributed by atoms with Crippen LogP contribution in [-0.4, -0.2) is 57.0 Å². The summed E-state index contributed by atoms with van der Waals surface area (Å²) in [6.45, 7) is 20.1. The van der Waals surface area contributed by atoms with Crippen molar-refractivity contribution in [1.82, 2.24) is 4.57 Å². The van der Waals surface area contributed by atoms with Crippen LogP contribution >= 0.6 is 0 Å². The third kappa shape index (κ3) is 11.5. The van der Waals surface area contributed by atoms with E-state index in [1.165, 1.54) is 13.0 Å². The molecule has 0 saturated heterocycles. The van der Waals surface area contributed by atoms with E-state index in [1.54, 1.807) is 80.5 Å². The minimum absolute atomic E-state index is 0.0278. The van der Waals surface area contributed by atoms with Gasteiger partial charge in [0, 0.05) is 17.2 Å². The third-order valence-electron chi connectivity index (χ3n) is 4.29. The molecule has 3 amide bonds. The molecule has 0 aliphatic rings. The van der Waals surface area contributed by atoms with E-state index in [0.717, 1.165) is 4.57 Å². The Kier molecular flexibility index (Phi) is 13.0. The number of nitrogens with two attached hydrogens (primary N) is 1. The van der Waals surface area contributed by atoms with Crippen molar-refractivity contribution in [3.05, 3.63) is 39.9 Å². The maximum Gasteiger partial charge on any atom is 0.425 e. The summed E-state index contributed by atoms with van der Waals surface area (Å²) in [4.78, 5) is 61.8. The highest BCUT2D eigenvalue weighted by Gasteiger charge is 2.40. The molecule has 2 rings (SSSR count). The largest absolute Gasteiger partial charge is 0.443 e. The van der Waals surface area contributed by atoms with Gasteiger partial charge in [-0.1, -0.05) is 32.0 Å². The van der Waals surface area contributed by atoms with Crippen molar-refractivity contribution in [2.75, 3.05) is 11.4 Å². The number of carbonyl (C=O) groups excluding carboxylic acids is 4. The summed E-state index contributed by atoms with van der Waals surface area (Å²) in [6, 6.07) is 6.34. The van der Waals surface area contributed by atoms with Crippen molar-refractivity contribution in [1.29, 1.82) is 0 Å². The molecule has 0 aliphatic heterocycles. The third-order valence-corrected chi connectivity index (χ3v) is 4.29. The lowest BCUT2D eigenvalue weighted by Crippen LogP contribution is -2.46. The molecule has 13 nitrogen and oxygen atoms in total. The van der Waals surface area contributed by atoms with Crippen molar-refractivity contribution in [2.24, 2.45) is 5.73 Å². The van der Waals surface area contributed by atoms with Gasteiger partial charge in [-0.15, -0.1) is 0 Å². The molecule has 2 aromatic rings. The molecule has 0 aliphatic carbocycles. The summed E-state index contributed by atoms with van der Waals surface area (Å²) < 4.78 is 17.3. The minimum atomic E-state index is -1.16. The van der Waals surface area contributed by atoms with Gasteiger partial charge in [0.25, 0.3) is 5.91 Å². The lowest BCUT2D eigenvalue weighted by molar-refractivity contribution is -0.475. The van der Waals surface area contributed by atoms with E-state index in [2.05, 4.69) is 0 Å². The Morgan fingerprint density at radius 2 is 1.24 bits per heavy atom. The second-order valence-electron chi connectivity index (χ2n) is 11.3. The van der Waals surface area contributed by atoms with Crippen LogP contribution in [0.4, 0.5) is 20.2 Å². The zero-order valence-corrected chi connectivity index (χ0v) is 26.1. The molecule has 13 heteroatoms. The van der Waals surface area contributed by atoms with Crippen LogP contribution in [-0.2, 0) is 14.2 Å². The first-order valence-electron chi connectivity index (χ1n) is 13.1. The number of para-hydroxylation sites is 1. The van der Waals surface area contributed by atoms with Crippen molar-refractivity contribution in [3.8, 4) is 0 Å².